The zero-order valence-electron chi connectivity index (χ0n) is 5.78. The fourth-order valence-corrected chi connectivity index (χ4v) is 0. The number of hydrogen-bond donors (Lipinski definition) is 0. The van der Waals surface area contributed by atoms with Crippen LogP contribution in [-0.2, 0) is 32.7 Å². The van der Waals surface area contributed by atoms with Crippen molar-refractivity contribution in [3.63, 3.8) is 0 Å². The largest absolute Gasteiger partial charge is 0.358 e. The molecular weight excluding hydrogens is 161 g/mol. The van der Waals surface area contributed by atoms with Gasteiger partial charge in [0, 0.05) is 32.7 Å². The summed E-state index contributed by atoms with van der Waals surface area (Å²) in [6, 6.07) is 0. The van der Waals surface area contributed by atoms with Gasteiger partial charge in [-0.3, -0.25) is 0 Å². The van der Waals surface area contributed by atoms with E-state index in [1.165, 1.54) is 0 Å². The predicted molar refractivity (Wildman–Crippen MR) is 31.2 cm³/mol. The maximum absolute atomic E-state index is 3.77. The summed E-state index contributed by atoms with van der Waals surface area (Å²) in [4.78, 5) is 0. The molecule has 0 spiro atoms. The molecule has 0 aliphatic carbocycles. The van der Waals surface area contributed by atoms with Crippen LogP contribution in [0.3, 0.4) is 0 Å². The summed E-state index contributed by atoms with van der Waals surface area (Å²) in [6.07, 6.45) is 0. The van der Waals surface area contributed by atoms with Gasteiger partial charge in [0.05, 0.1) is 0 Å². The first-order chi connectivity index (χ1) is 2.00. The summed E-state index contributed by atoms with van der Waals surface area (Å²) in [5, 5.41) is 0. The Labute approximate surface area is 73.0 Å². The van der Waals surface area contributed by atoms with E-state index in [1.54, 1.807) is 0 Å². The molecule has 0 rings (SSSR count). The van der Waals surface area contributed by atoms with Gasteiger partial charge in [0.15, 0.2) is 0 Å². The van der Waals surface area contributed by atoms with Gasteiger partial charge in [-0.15, -0.1) is 0 Å². The summed E-state index contributed by atoms with van der Waals surface area (Å²) >= 11 is 0. The maximum atomic E-state index is 3.77. The molecule has 0 saturated carbocycles. The minimum Gasteiger partial charge on any atom is -0.358 e. The van der Waals surface area contributed by atoms with E-state index >= 15 is 0 Å². The van der Waals surface area contributed by atoms with E-state index in [9.17, 15) is 0 Å². The van der Waals surface area contributed by atoms with Crippen molar-refractivity contribution in [1.82, 2.24) is 0 Å². The fraction of sp³-hybridized carbons (Fsp3) is 0.667. The zero-order chi connectivity index (χ0) is 4.50. The van der Waals surface area contributed by atoms with Crippen LogP contribution in [0.1, 0.15) is 20.8 Å². The molecule has 0 heterocycles. The van der Waals surface area contributed by atoms with E-state index in [-0.39, 0.29) is 45.6 Å². The average molecular weight is 175 g/mol. The Bertz CT molecular complexity index is 19.7. The fourth-order valence-electron chi connectivity index (χ4n) is 0. The van der Waals surface area contributed by atoms with Gasteiger partial charge in [-0.05, 0) is 0 Å². The quantitative estimate of drug-likeness (QED) is 0.495. The zero-order valence-corrected chi connectivity index (χ0v) is 8.62. The molecule has 0 aromatic heterocycles. The molecular formula is C6H14Y-2. The van der Waals surface area contributed by atoms with Crippen LogP contribution in [0.2, 0.25) is 0 Å². The van der Waals surface area contributed by atoms with E-state index in [0.717, 1.165) is 0 Å². The Hall–Kier alpha value is 1.10. The summed E-state index contributed by atoms with van der Waals surface area (Å²) in [7, 11) is 0. The second kappa shape index (κ2) is 5.24. The molecule has 0 aromatic carbocycles. The Morgan fingerprint density at radius 1 is 1.14 bits per heavy atom. The monoisotopic (exact) mass is 175 g/mol. The van der Waals surface area contributed by atoms with Crippen LogP contribution < -0.4 is 0 Å². The van der Waals surface area contributed by atoms with Crippen molar-refractivity contribution >= 4 is 0 Å². The molecule has 0 nitrogen and oxygen atoms in total. The van der Waals surface area contributed by atoms with Crippen LogP contribution in [0.4, 0.5) is 0 Å². The second-order valence-electron chi connectivity index (χ2n) is 2.56. The molecule has 0 saturated heterocycles. The van der Waals surface area contributed by atoms with E-state index in [0.29, 0.717) is 0 Å². The van der Waals surface area contributed by atoms with Gasteiger partial charge in [0.1, 0.15) is 0 Å². The SMILES string of the molecule is [CH2-]C(C)(C)C.[CH3-].[Y]. The first kappa shape index (κ1) is 15.7. The summed E-state index contributed by atoms with van der Waals surface area (Å²) in [6.45, 7) is 10.0. The van der Waals surface area contributed by atoms with Crippen molar-refractivity contribution in [2.75, 3.05) is 0 Å². The van der Waals surface area contributed by atoms with Gasteiger partial charge >= 0.3 is 0 Å². The molecule has 0 N–H and O–H groups in total. The standard InChI is InChI=1S/C5H11.CH3.Y/c1-5(2,3)4;;/h1H2,2-4H3;1H3;/q2*-1;. The molecule has 43 valence electrons. The predicted octanol–water partition coefficient (Wildman–Crippen LogP) is 2.31. The molecule has 7 heavy (non-hydrogen) atoms. The third kappa shape index (κ3) is 152. The van der Waals surface area contributed by atoms with Gasteiger partial charge < -0.3 is 14.4 Å². The third-order valence-corrected chi connectivity index (χ3v) is 0. The van der Waals surface area contributed by atoms with Crippen LogP contribution >= 0.6 is 0 Å². The number of rotatable bonds is 0. The number of hydrogen-bond acceptors (Lipinski definition) is 0. The van der Waals surface area contributed by atoms with Crippen molar-refractivity contribution in [3.05, 3.63) is 14.4 Å². The molecule has 1 radical (unpaired) electrons. The molecule has 0 amide bonds. The Morgan fingerprint density at radius 2 is 1.14 bits per heavy atom. The summed E-state index contributed by atoms with van der Waals surface area (Å²) in [5.74, 6) is 0. The van der Waals surface area contributed by atoms with Crippen molar-refractivity contribution in [3.8, 4) is 0 Å². The van der Waals surface area contributed by atoms with Crippen LogP contribution in [0.5, 0.6) is 0 Å². The summed E-state index contributed by atoms with van der Waals surface area (Å²) in [5.41, 5.74) is 0.250. The van der Waals surface area contributed by atoms with Crippen LogP contribution in [-0.4, -0.2) is 0 Å². The van der Waals surface area contributed by atoms with Crippen molar-refractivity contribution in [2.24, 2.45) is 5.41 Å². The Kier molecular flexibility index (Phi) is 11.8. The van der Waals surface area contributed by atoms with Crippen molar-refractivity contribution in [2.45, 2.75) is 20.8 Å². The van der Waals surface area contributed by atoms with Crippen molar-refractivity contribution < 1.29 is 32.7 Å². The first-order valence-electron chi connectivity index (χ1n) is 1.85. The van der Waals surface area contributed by atoms with Crippen LogP contribution in [0, 0.1) is 19.8 Å². The average Bonchev–Trinajstić information content (AvgIpc) is 0.722. The molecule has 0 bridgehead atoms. The maximum Gasteiger partial charge on any atom is 0 e. The van der Waals surface area contributed by atoms with E-state index in [1.807, 2.05) is 0 Å². The van der Waals surface area contributed by atoms with Gasteiger partial charge in [-0.25, -0.2) is 0 Å². The van der Waals surface area contributed by atoms with Gasteiger partial charge in [0.2, 0.25) is 0 Å². The smallest absolute Gasteiger partial charge is 0 e. The normalized spacial score (nSPS) is 8.57. The molecule has 0 aliphatic rings. The molecule has 1 heteroatoms. The van der Waals surface area contributed by atoms with Gasteiger partial charge in [-0.2, -0.15) is 5.41 Å². The van der Waals surface area contributed by atoms with Gasteiger partial charge in [-0.1, -0.05) is 20.8 Å². The minimum atomic E-state index is 0. The first-order valence-corrected chi connectivity index (χ1v) is 1.85. The Balaban J connectivity index is -0.0000000800. The van der Waals surface area contributed by atoms with Crippen molar-refractivity contribution in [1.29, 1.82) is 0 Å². The van der Waals surface area contributed by atoms with E-state index < -0.39 is 0 Å². The molecule has 0 aliphatic heterocycles. The second-order valence-corrected chi connectivity index (χ2v) is 2.56. The van der Waals surface area contributed by atoms with E-state index in [2.05, 4.69) is 27.7 Å². The minimum absolute atomic E-state index is 0. The molecule has 0 unspecified atom stereocenters. The summed E-state index contributed by atoms with van der Waals surface area (Å²) < 4.78 is 0. The van der Waals surface area contributed by atoms with E-state index in [4.69, 9.17) is 0 Å². The van der Waals surface area contributed by atoms with Gasteiger partial charge in [0.25, 0.3) is 0 Å². The van der Waals surface area contributed by atoms with Crippen LogP contribution in [0.25, 0.3) is 0 Å². The molecule has 0 atom stereocenters. The van der Waals surface area contributed by atoms with Crippen LogP contribution in [0.15, 0.2) is 0 Å². The topological polar surface area (TPSA) is 0 Å². The molecule has 0 aromatic rings. The third-order valence-electron chi connectivity index (χ3n) is 0. The molecule has 0 fully saturated rings. The Morgan fingerprint density at radius 3 is 1.14 bits per heavy atom.